The van der Waals surface area contributed by atoms with E-state index in [-0.39, 0.29) is 79.2 Å². The lowest BCUT2D eigenvalue weighted by Crippen LogP contribution is -2.54. The zero-order valence-corrected chi connectivity index (χ0v) is 38.5. The van der Waals surface area contributed by atoms with Gasteiger partial charge in [-0.2, -0.15) is 45.4 Å². The molecule has 18 heteroatoms. The van der Waals surface area contributed by atoms with Crippen LogP contribution in [0.2, 0.25) is 0 Å². The van der Waals surface area contributed by atoms with Crippen LogP contribution in [0.15, 0.2) is 96.1 Å². The Kier molecular flexibility index (Phi) is 20.0. The molecule has 350 valence electrons. The first-order chi connectivity index (χ1) is 29.3. The van der Waals surface area contributed by atoms with Gasteiger partial charge in [0.05, 0.1) is 55.3 Å². The van der Waals surface area contributed by atoms with Gasteiger partial charge in [0.25, 0.3) is 5.91 Å². The lowest BCUT2D eigenvalue weighted by molar-refractivity contribution is -0.188. The molecule has 15 nitrogen and oxygen atoms in total. The Morgan fingerprint density at radius 2 is 1.40 bits per heavy atom. The molecule has 0 unspecified atom stereocenters. The Bertz CT molecular complexity index is 2540. The Hall–Kier alpha value is -5.53. The molecule has 2 aliphatic rings. The molecule has 8 rings (SSSR count). The average Bonchev–Trinajstić information content (AvgIpc) is 4.13. The van der Waals surface area contributed by atoms with Crippen molar-refractivity contribution in [2.75, 3.05) is 34.4 Å². The molecule has 65 heavy (non-hydrogen) atoms. The van der Waals surface area contributed by atoms with E-state index in [1.807, 2.05) is 41.3 Å². The summed E-state index contributed by atoms with van der Waals surface area (Å²) in [6.07, 6.45) is 4.91. The van der Waals surface area contributed by atoms with Crippen LogP contribution in [-0.2, 0) is 28.8 Å². The SMILES string of the molecule is C.C.COOC=N[C@@H](C(=O)N1CCC[C@H]1c1nc2ccc(-c3ccc4cc(-c5cnc([C@@H]6CCCN6C(=O)[C@@H](NC(=O)OC)[C@@H](C)OC)[nH]5)ccc4c3)cc2[nH]1)c1ccccc1.S.S.S. The van der Waals surface area contributed by atoms with Crippen LogP contribution in [0.25, 0.3) is 44.2 Å². The Balaban J connectivity index is 0.00000224. The van der Waals surface area contributed by atoms with Gasteiger partial charge < -0.3 is 39.4 Å². The van der Waals surface area contributed by atoms with Crippen LogP contribution in [0.1, 0.15) is 82.8 Å². The molecule has 5 atom stereocenters. The minimum absolute atomic E-state index is 0. The number of aromatic amines is 2. The number of imidazole rings is 2. The zero-order valence-electron chi connectivity index (χ0n) is 35.5. The van der Waals surface area contributed by atoms with Gasteiger partial charge in [0, 0.05) is 25.8 Å². The number of carbonyl (C=O) groups excluding carboxylic acids is 3. The highest BCUT2D eigenvalue weighted by molar-refractivity contribution is 7.59. The number of carbonyl (C=O) groups is 3. The van der Waals surface area contributed by atoms with E-state index in [4.69, 9.17) is 24.3 Å². The number of nitrogens with one attached hydrogen (secondary N) is 3. The smallest absolute Gasteiger partial charge is 0.407 e. The number of hydrogen-bond donors (Lipinski definition) is 3. The van der Waals surface area contributed by atoms with Gasteiger partial charge in [-0.15, -0.1) is 0 Å². The molecule has 0 saturated carbocycles. The molecular formula is C47H62N8O7S3. The summed E-state index contributed by atoms with van der Waals surface area (Å²) in [6.45, 7) is 2.88. The molecule has 2 aliphatic heterocycles. The van der Waals surface area contributed by atoms with Crippen molar-refractivity contribution in [1.29, 1.82) is 0 Å². The normalized spacial score (nSPS) is 16.9. The molecule has 0 bridgehead atoms. The number of aliphatic imine (C=N–C) groups is 1. The van der Waals surface area contributed by atoms with E-state index in [9.17, 15) is 14.4 Å². The topological polar surface area (TPSA) is 176 Å². The number of amides is 3. The van der Waals surface area contributed by atoms with E-state index in [1.165, 1.54) is 21.3 Å². The van der Waals surface area contributed by atoms with E-state index < -0.39 is 24.3 Å². The summed E-state index contributed by atoms with van der Waals surface area (Å²) in [5.41, 5.74) is 6.40. The Labute approximate surface area is 401 Å². The summed E-state index contributed by atoms with van der Waals surface area (Å²) in [6, 6.07) is 26.2. The summed E-state index contributed by atoms with van der Waals surface area (Å²) < 4.78 is 10.2. The second kappa shape index (κ2) is 24.1. The summed E-state index contributed by atoms with van der Waals surface area (Å²) in [4.78, 5) is 74.0. The van der Waals surface area contributed by atoms with Crippen molar-refractivity contribution in [3.63, 3.8) is 0 Å². The maximum atomic E-state index is 14.0. The third-order valence-corrected chi connectivity index (χ3v) is 11.5. The van der Waals surface area contributed by atoms with Crippen molar-refractivity contribution >= 4 is 86.6 Å². The molecule has 0 radical (unpaired) electrons. The number of benzene rings is 4. The van der Waals surface area contributed by atoms with Gasteiger partial charge in [0.2, 0.25) is 12.3 Å². The van der Waals surface area contributed by atoms with E-state index in [1.54, 1.807) is 18.0 Å². The number of hydrogen-bond acceptors (Lipinski definition) is 10. The summed E-state index contributed by atoms with van der Waals surface area (Å²) in [5.74, 6) is 1.07. The minimum Gasteiger partial charge on any atom is -0.453 e. The van der Waals surface area contributed by atoms with Crippen LogP contribution >= 0.6 is 40.5 Å². The third kappa shape index (κ3) is 11.5. The fourth-order valence-electron chi connectivity index (χ4n) is 8.34. The van der Waals surface area contributed by atoms with Crippen molar-refractivity contribution in [2.45, 2.75) is 77.7 Å². The fraction of sp³-hybridized carbons (Fsp3) is 0.362. The number of likely N-dealkylation sites (tertiary alicyclic amines) is 2. The third-order valence-electron chi connectivity index (χ3n) is 11.5. The molecule has 4 aromatic carbocycles. The van der Waals surface area contributed by atoms with Crippen molar-refractivity contribution in [3.8, 4) is 22.4 Å². The van der Waals surface area contributed by atoms with Crippen molar-refractivity contribution in [1.82, 2.24) is 35.1 Å². The minimum atomic E-state index is -0.899. The molecule has 3 amide bonds. The number of H-pyrrole nitrogens is 2. The lowest BCUT2D eigenvalue weighted by Gasteiger charge is -2.30. The molecule has 3 N–H and O–H groups in total. The van der Waals surface area contributed by atoms with Gasteiger partial charge in [-0.3, -0.25) is 9.59 Å². The number of nitrogens with zero attached hydrogens (tertiary/aromatic N) is 5. The van der Waals surface area contributed by atoms with E-state index in [2.05, 4.69) is 73.7 Å². The van der Waals surface area contributed by atoms with E-state index >= 15 is 0 Å². The van der Waals surface area contributed by atoms with Crippen LogP contribution in [0, 0.1) is 0 Å². The largest absolute Gasteiger partial charge is 0.453 e. The number of methoxy groups -OCH3 is 2. The maximum absolute atomic E-state index is 14.0. The Morgan fingerprint density at radius 3 is 2.06 bits per heavy atom. The van der Waals surface area contributed by atoms with Crippen LogP contribution < -0.4 is 5.32 Å². The standard InChI is InChI=1S/C45H48N8O7.2CH4.3H2S/c1-27(57-2)39(51-45(56)58-3)43(54)52-20-8-12-37(52)41-46-25-36(50-41)33-17-16-29-22-30(14-15-31(29)23-33)32-18-19-34-35(24-32)49-42(48-34)38-13-9-21-53(38)44(55)40(47-26-60-59-4)28-10-6-5-7-11-28;;;;;/h5-7,10-11,14-19,22-27,37-40H,8-9,12-13,20-21H2,1-4H3,(H,46,50)(H,48,49)(H,51,56);2*1H4;3*1H2/t27-,37+,38+,39+,40-;;;;;/m1...../s1. The maximum Gasteiger partial charge on any atom is 0.407 e. The number of aromatic nitrogens is 4. The first-order valence-electron chi connectivity index (χ1n) is 20.1. The van der Waals surface area contributed by atoms with Gasteiger partial charge in [0.15, 0.2) is 6.04 Å². The first kappa shape index (κ1) is 53.8. The van der Waals surface area contributed by atoms with Crippen LogP contribution in [0.5, 0.6) is 0 Å². The number of alkyl carbamates (subject to hydrolysis) is 1. The zero-order chi connectivity index (χ0) is 41.8. The number of ether oxygens (including phenoxy) is 2. The second-order valence-corrected chi connectivity index (χ2v) is 15.1. The van der Waals surface area contributed by atoms with Crippen molar-refractivity contribution < 1.29 is 33.6 Å². The van der Waals surface area contributed by atoms with Gasteiger partial charge in [0.1, 0.15) is 17.7 Å². The molecule has 4 heterocycles. The molecule has 2 aromatic heterocycles. The molecule has 6 aromatic rings. The molecule has 0 aliphatic carbocycles. The van der Waals surface area contributed by atoms with Gasteiger partial charge >= 0.3 is 6.09 Å². The van der Waals surface area contributed by atoms with Gasteiger partial charge in [-0.1, -0.05) is 75.5 Å². The number of rotatable bonds is 13. The van der Waals surface area contributed by atoms with Crippen LogP contribution in [-0.4, -0.2) is 101 Å². The monoisotopic (exact) mass is 946 g/mol. The predicted octanol–water partition coefficient (Wildman–Crippen LogP) is 8.82. The van der Waals surface area contributed by atoms with Gasteiger partial charge in [-0.25, -0.2) is 19.8 Å². The molecule has 2 fully saturated rings. The average molecular weight is 947 g/mol. The number of fused-ring (bicyclic) bond motifs is 2. The fourth-order valence-corrected chi connectivity index (χ4v) is 8.34. The molecule has 0 spiro atoms. The predicted molar refractivity (Wildman–Crippen MR) is 270 cm³/mol. The summed E-state index contributed by atoms with van der Waals surface area (Å²) >= 11 is 0. The van der Waals surface area contributed by atoms with Crippen LogP contribution in [0.4, 0.5) is 4.79 Å². The second-order valence-electron chi connectivity index (χ2n) is 15.1. The molecular weight excluding hydrogens is 885 g/mol. The first-order valence-corrected chi connectivity index (χ1v) is 20.1. The Morgan fingerprint density at radius 1 is 0.785 bits per heavy atom. The van der Waals surface area contributed by atoms with Crippen molar-refractivity contribution in [3.05, 3.63) is 108 Å². The summed E-state index contributed by atoms with van der Waals surface area (Å²) in [7, 11) is 4.15. The lowest BCUT2D eigenvalue weighted by atomic mass is 9.99. The summed E-state index contributed by atoms with van der Waals surface area (Å²) in [5, 5.41) is 4.78. The quantitative estimate of drug-likeness (QED) is 0.0442. The van der Waals surface area contributed by atoms with Crippen LogP contribution in [0.3, 0.4) is 0 Å². The highest BCUT2D eigenvalue weighted by atomic mass is 32.1. The van der Waals surface area contributed by atoms with Gasteiger partial charge in [-0.05, 0) is 84.3 Å². The molecule has 2 saturated heterocycles. The highest BCUT2D eigenvalue weighted by Crippen LogP contribution is 2.37. The van der Waals surface area contributed by atoms with Crippen molar-refractivity contribution in [2.24, 2.45) is 4.99 Å². The van der Waals surface area contributed by atoms with E-state index in [0.717, 1.165) is 87.7 Å². The van der Waals surface area contributed by atoms with E-state index in [0.29, 0.717) is 18.9 Å². The highest BCUT2D eigenvalue weighted by Gasteiger charge is 2.39.